The van der Waals surface area contributed by atoms with Crippen LogP contribution >= 0.6 is 0 Å². The van der Waals surface area contributed by atoms with E-state index in [-0.39, 0.29) is 6.04 Å². The average molecular weight is 257 g/mol. The van der Waals surface area contributed by atoms with Gasteiger partial charge in [0.1, 0.15) is 0 Å². The summed E-state index contributed by atoms with van der Waals surface area (Å²) in [7, 11) is 4.32. The summed E-state index contributed by atoms with van der Waals surface area (Å²) in [6, 6.07) is 4.86. The SMILES string of the molecule is CCC(N)c1c(C)n(C)c2cc3c(cc12)CN(C)C3. The smallest absolute Gasteiger partial charge is 0.0486 e. The molecule has 1 aliphatic heterocycles. The topological polar surface area (TPSA) is 34.2 Å². The van der Waals surface area contributed by atoms with E-state index in [4.69, 9.17) is 5.73 Å². The molecule has 102 valence electrons. The number of aryl methyl sites for hydroxylation is 1. The van der Waals surface area contributed by atoms with Crippen molar-refractivity contribution in [1.29, 1.82) is 0 Å². The van der Waals surface area contributed by atoms with Gasteiger partial charge in [-0.25, -0.2) is 0 Å². The van der Waals surface area contributed by atoms with Crippen molar-refractivity contribution in [3.8, 4) is 0 Å². The van der Waals surface area contributed by atoms with Crippen molar-refractivity contribution < 1.29 is 0 Å². The quantitative estimate of drug-likeness (QED) is 0.897. The van der Waals surface area contributed by atoms with Crippen LogP contribution in [-0.4, -0.2) is 16.5 Å². The molecule has 0 bridgehead atoms. The van der Waals surface area contributed by atoms with Crippen LogP contribution in [0.25, 0.3) is 10.9 Å². The monoisotopic (exact) mass is 257 g/mol. The Hall–Kier alpha value is -1.32. The first-order valence-electron chi connectivity index (χ1n) is 7.07. The van der Waals surface area contributed by atoms with Crippen LogP contribution in [0.5, 0.6) is 0 Å². The highest BCUT2D eigenvalue weighted by Crippen LogP contribution is 2.34. The van der Waals surface area contributed by atoms with Crippen LogP contribution in [0, 0.1) is 6.92 Å². The molecule has 0 aliphatic carbocycles. The van der Waals surface area contributed by atoms with Crippen LogP contribution in [0.1, 0.15) is 41.8 Å². The van der Waals surface area contributed by atoms with Gasteiger partial charge in [-0.1, -0.05) is 6.92 Å². The minimum atomic E-state index is 0.140. The number of hydrogen-bond acceptors (Lipinski definition) is 2. The van der Waals surface area contributed by atoms with E-state index >= 15 is 0 Å². The number of hydrogen-bond donors (Lipinski definition) is 1. The molecule has 2 N–H and O–H groups in total. The first-order chi connectivity index (χ1) is 9.02. The largest absolute Gasteiger partial charge is 0.348 e. The van der Waals surface area contributed by atoms with E-state index < -0.39 is 0 Å². The van der Waals surface area contributed by atoms with Gasteiger partial charge in [0.25, 0.3) is 0 Å². The Morgan fingerprint density at radius 1 is 1.21 bits per heavy atom. The van der Waals surface area contributed by atoms with E-state index in [2.05, 4.69) is 49.5 Å². The van der Waals surface area contributed by atoms with Crippen molar-refractivity contribution in [2.75, 3.05) is 7.05 Å². The molecule has 0 saturated carbocycles. The maximum atomic E-state index is 6.32. The zero-order valence-electron chi connectivity index (χ0n) is 12.3. The average Bonchev–Trinajstić information content (AvgIpc) is 2.85. The normalized spacial score (nSPS) is 17.1. The van der Waals surface area contributed by atoms with Gasteiger partial charge in [0.2, 0.25) is 0 Å². The summed E-state index contributed by atoms with van der Waals surface area (Å²) in [5.74, 6) is 0. The number of nitrogens with zero attached hydrogens (tertiary/aromatic N) is 2. The third kappa shape index (κ3) is 1.80. The number of rotatable bonds is 2. The molecule has 0 fully saturated rings. The Balaban J connectivity index is 2.28. The molecule has 0 amide bonds. The second-order valence-electron chi connectivity index (χ2n) is 5.88. The second kappa shape index (κ2) is 4.36. The molecule has 3 rings (SSSR count). The molecule has 1 atom stereocenters. The number of aromatic nitrogens is 1. The Morgan fingerprint density at radius 2 is 1.84 bits per heavy atom. The van der Waals surface area contributed by atoms with Crippen LogP contribution in [0.2, 0.25) is 0 Å². The van der Waals surface area contributed by atoms with E-state index in [1.54, 1.807) is 0 Å². The van der Waals surface area contributed by atoms with E-state index in [0.29, 0.717) is 0 Å². The molecule has 3 heteroatoms. The molecule has 3 nitrogen and oxygen atoms in total. The van der Waals surface area contributed by atoms with Gasteiger partial charge in [0.05, 0.1) is 0 Å². The summed E-state index contributed by atoms with van der Waals surface area (Å²) in [6.07, 6.45) is 0.983. The van der Waals surface area contributed by atoms with E-state index in [9.17, 15) is 0 Å². The van der Waals surface area contributed by atoms with Crippen molar-refractivity contribution in [2.24, 2.45) is 12.8 Å². The van der Waals surface area contributed by atoms with Crippen molar-refractivity contribution in [2.45, 2.75) is 39.4 Å². The zero-order chi connectivity index (χ0) is 13.7. The molecule has 2 aromatic rings. The first kappa shape index (κ1) is 12.7. The van der Waals surface area contributed by atoms with Crippen molar-refractivity contribution in [3.63, 3.8) is 0 Å². The Morgan fingerprint density at radius 3 is 2.47 bits per heavy atom. The third-order valence-corrected chi connectivity index (χ3v) is 4.55. The van der Waals surface area contributed by atoms with Gasteiger partial charge in [-0.15, -0.1) is 0 Å². The fourth-order valence-electron chi connectivity index (χ4n) is 3.33. The van der Waals surface area contributed by atoms with Crippen LogP contribution in [0.4, 0.5) is 0 Å². The Kier molecular flexibility index (Phi) is 2.91. The van der Waals surface area contributed by atoms with Crippen molar-refractivity contribution >= 4 is 10.9 Å². The van der Waals surface area contributed by atoms with Crippen molar-refractivity contribution in [1.82, 2.24) is 9.47 Å². The molecule has 1 aromatic carbocycles. The van der Waals surface area contributed by atoms with E-state index in [0.717, 1.165) is 19.5 Å². The Bertz CT molecular complexity index is 639. The Labute approximate surface area is 115 Å². The lowest BCUT2D eigenvalue weighted by molar-refractivity contribution is 0.353. The van der Waals surface area contributed by atoms with Gasteiger partial charge in [0.15, 0.2) is 0 Å². The molecule has 0 saturated heterocycles. The number of nitrogens with two attached hydrogens (primary N) is 1. The van der Waals surface area contributed by atoms with Gasteiger partial charge in [-0.3, -0.25) is 4.90 Å². The van der Waals surface area contributed by atoms with Crippen molar-refractivity contribution in [3.05, 3.63) is 34.5 Å². The molecule has 1 aromatic heterocycles. The third-order valence-electron chi connectivity index (χ3n) is 4.55. The molecule has 1 aliphatic rings. The van der Waals surface area contributed by atoms with Crippen LogP contribution in [0.15, 0.2) is 12.1 Å². The minimum absolute atomic E-state index is 0.140. The lowest BCUT2D eigenvalue weighted by Gasteiger charge is -2.10. The highest BCUT2D eigenvalue weighted by Gasteiger charge is 2.22. The van der Waals surface area contributed by atoms with E-state index in [1.807, 2.05) is 0 Å². The molecular weight excluding hydrogens is 234 g/mol. The lowest BCUT2D eigenvalue weighted by Crippen LogP contribution is -2.10. The van der Waals surface area contributed by atoms with Gasteiger partial charge < -0.3 is 10.3 Å². The molecule has 0 spiro atoms. The summed E-state index contributed by atoms with van der Waals surface area (Å²) in [5, 5.41) is 1.35. The predicted molar refractivity (Wildman–Crippen MR) is 80.0 cm³/mol. The maximum Gasteiger partial charge on any atom is 0.0486 e. The first-order valence-corrected chi connectivity index (χ1v) is 7.07. The van der Waals surface area contributed by atoms with Crippen LogP contribution in [0.3, 0.4) is 0 Å². The predicted octanol–water partition coefficient (Wildman–Crippen LogP) is 2.84. The molecular formula is C16H23N3. The van der Waals surface area contributed by atoms with E-state index in [1.165, 1.54) is 33.3 Å². The van der Waals surface area contributed by atoms with Gasteiger partial charge in [-0.05, 0) is 49.2 Å². The minimum Gasteiger partial charge on any atom is -0.348 e. The van der Waals surface area contributed by atoms with Gasteiger partial charge >= 0.3 is 0 Å². The maximum absolute atomic E-state index is 6.32. The van der Waals surface area contributed by atoms with Crippen LogP contribution in [-0.2, 0) is 20.1 Å². The zero-order valence-corrected chi connectivity index (χ0v) is 12.3. The summed E-state index contributed by atoms with van der Waals surface area (Å²) in [6.45, 7) is 6.46. The highest BCUT2D eigenvalue weighted by atomic mass is 15.1. The number of fused-ring (bicyclic) bond motifs is 2. The molecule has 1 unspecified atom stereocenters. The standard InChI is InChI=1S/C16H23N3/c1-5-14(17)16-10(2)19(4)15-7-12-9-18(3)8-11(12)6-13(15)16/h6-7,14H,5,8-9,17H2,1-4H3. The highest BCUT2D eigenvalue weighted by molar-refractivity contribution is 5.87. The fourth-order valence-corrected chi connectivity index (χ4v) is 3.33. The molecule has 19 heavy (non-hydrogen) atoms. The summed E-state index contributed by atoms with van der Waals surface area (Å²) >= 11 is 0. The van der Waals surface area contributed by atoms with Gasteiger partial charge in [-0.2, -0.15) is 0 Å². The molecule has 0 radical (unpaired) electrons. The molecule has 2 heterocycles. The van der Waals surface area contributed by atoms with Crippen LogP contribution < -0.4 is 5.73 Å². The number of benzene rings is 1. The second-order valence-corrected chi connectivity index (χ2v) is 5.88. The van der Waals surface area contributed by atoms with Gasteiger partial charge in [0, 0.05) is 42.8 Å². The summed E-state index contributed by atoms with van der Waals surface area (Å²) in [4.78, 5) is 2.36. The summed E-state index contributed by atoms with van der Waals surface area (Å²) < 4.78 is 2.29. The summed E-state index contributed by atoms with van der Waals surface area (Å²) in [5.41, 5.74) is 13.2. The lowest BCUT2D eigenvalue weighted by atomic mass is 9.99. The fraction of sp³-hybridized carbons (Fsp3) is 0.500.